The molecule has 0 aromatic rings. The molecule has 0 bridgehead atoms. The zero-order chi connectivity index (χ0) is 15.1. The Balaban J connectivity index is 2.16. The fraction of sp³-hybridized carbons (Fsp3) is 0.867. The highest BCUT2D eigenvalue weighted by molar-refractivity contribution is 5.89. The highest BCUT2D eigenvalue weighted by atomic mass is 16.4. The van der Waals surface area contributed by atoms with Crippen LogP contribution in [0.5, 0.6) is 0 Å². The number of carbonyl (C=O) groups is 2. The molecule has 1 amide bonds. The average molecular weight is 282 g/mol. The molecule has 4 unspecified atom stereocenters. The van der Waals surface area contributed by atoms with E-state index in [4.69, 9.17) is 0 Å². The van der Waals surface area contributed by atoms with E-state index in [1.807, 2.05) is 6.92 Å². The second-order valence-corrected chi connectivity index (χ2v) is 6.57. The second kappa shape index (κ2) is 5.35. The lowest BCUT2D eigenvalue weighted by Crippen LogP contribution is -2.57. The summed E-state index contributed by atoms with van der Waals surface area (Å²) in [6.45, 7) is 8.44. The maximum absolute atomic E-state index is 12.8. The summed E-state index contributed by atoms with van der Waals surface area (Å²) in [4.78, 5) is 28.1. The van der Waals surface area contributed by atoms with E-state index in [9.17, 15) is 14.7 Å². The predicted octanol–water partition coefficient (Wildman–Crippen LogP) is 1.71. The maximum Gasteiger partial charge on any atom is 0.329 e. The highest BCUT2D eigenvalue weighted by Gasteiger charge is 2.48. The lowest BCUT2D eigenvalue weighted by molar-refractivity contribution is -0.157. The molecule has 2 rings (SSSR count). The second-order valence-electron chi connectivity index (χ2n) is 6.57. The van der Waals surface area contributed by atoms with E-state index in [0.29, 0.717) is 25.0 Å². The van der Waals surface area contributed by atoms with Crippen LogP contribution in [-0.2, 0) is 9.59 Å². The zero-order valence-corrected chi connectivity index (χ0v) is 12.9. The van der Waals surface area contributed by atoms with Crippen LogP contribution in [0.25, 0.3) is 0 Å². The number of aliphatic carboxylic acids is 1. The van der Waals surface area contributed by atoms with Gasteiger partial charge < -0.3 is 10.0 Å². The van der Waals surface area contributed by atoms with Crippen LogP contribution < -0.4 is 0 Å². The number of nitrogens with zero attached hydrogens (tertiary/aromatic N) is 2. The van der Waals surface area contributed by atoms with Gasteiger partial charge in [-0.1, -0.05) is 0 Å². The summed E-state index contributed by atoms with van der Waals surface area (Å²) in [5, 5.41) is 9.44. The maximum atomic E-state index is 12.8. The van der Waals surface area contributed by atoms with Gasteiger partial charge in [-0.05, 0) is 53.4 Å². The summed E-state index contributed by atoms with van der Waals surface area (Å²) in [6, 6.07) is 0.546. The first-order valence-electron chi connectivity index (χ1n) is 7.61. The Morgan fingerprint density at radius 3 is 2.30 bits per heavy atom. The minimum atomic E-state index is -1.03. The third-order valence-electron chi connectivity index (χ3n) is 5.19. The van der Waals surface area contributed by atoms with Crippen molar-refractivity contribution in [3.8, 4) is 0 Å². The minimum Gasteiger partial charge on any atom is -0.480 e. The molecule has 0 aromatic carbocycles. The number of carbonyl (C=O) groups excluding carboxylic acids is 1. The van der Waals surface area contributed by atoms with Crippen LogP contribution in [0.4, 0.5) is 0 Å². The Kier molecular flexibility index (Phi) is 4.09. The van der Waals surface area contributed by atoms with E-state index in [-0.39, 0.29) is 11.9 Å². The highest BCUT2D eigenvalue weighted by Crippen LogP contribution is 2.32. The molecule has 4 atom stereocenters. The van der Waals surface area contributed by atoms with Crippen molar-refractivity contribution in [3.63, 3.8) is 0 Å². The average Bonchev–Trinajstić information content (AvgIpc) is 2.92. The van der Waals surface area contributed by atoms with E-state index < -0.39 is 11.5 Å². The van der Waals surface area contributed by atoms with Gasteiger partial charge in [0.15, 0.2) is 0 Å². The van der Waals surface area contributed by atoms with E-state index in [1.165, 1.54) is 0 Å². The first kappa shape index (κ1) is 15.3. The molecular weight excluding hydrogens is 256 g/mol. The van der Waals surface area contributed by atoms with Gasteiger partial charge in [-0.2, -0.15) is 0 Å². The molecule has 5 nitrogen and oxygen atoms in total. The van der Waals surface area contributed by atoms with Crippen molar-refractivity contribution >= 4 is 11.9 Å². The fourth-order valence-corrected chi connectivity index (χ4v) is 3.87. The van der Waals surface area contributed by atoms with Gasteiger partial charge in [0.2, 0.25) is 5.91 Å². The normalized spacial score (nSPS) is 36.3. The van der Waals surface area contributed by atoms with Crippen LogP contribution in [0.3, 0.4) is 0 Å². The number of hydrogen-bond donors (Lipinski definition) is 1. The van der Waals surface area contributed by atoms with Crippen LogP contribution in [-0.4, -0.2) is 57.0 Å². The van der Waals surface area contributed by atoms with Crippen LogP contribution >= 0.6 is 0 Å². The molecule has 1 N–H and O–H groups in total. The smallest absolute Gasteiger partial charge is 0.329 e. The molecule has 0 saturated carbocycles. The summed E-state index contributed by atoms with van der Waals surface area (Å²) < 4.78 is 0. The molecule has 0 radical (unpaired) electrons. The van der Waals surface area contributed by atoms with Crippen molar-refractivity contribution in [2.75, 3.05) is 6.54 Å². The SMILES string of the molecule is CC1CCC(C)N1C(C)C(=O)N1CCCC1(C)C(=O)O. The van der Waals surface area contributed by atoms with Crippen LogP contribution in [0, 0.1) is 0 Å². The molecule has 5 heteroatoms. The summed E-state index contributed by atoms with van der Waals surface area (Å²) in [5.41, 5.74) is -1.03. The molecule has 2 saturated heterocycles. The van der Waals surface area contributed by atoms with E-state index in [0.717, 1.165) is 19.3 Å². The summed E-state index contributed by atoms with van der Waals surface area (Å²) in [6.07, 6.45) is 3.53. The Bertz CT molecular complexity index is 402. The zero-order valence-electron chi connectivity index (χ0n) is 12.9. The van der Waals surface area contributed by atoms with Gasteiger partial charge in [-0.25, -0.2) is 4.79 Å². The first-order valence-corrected chi connectivity index (χ1v) is 7.61. The van der Waals surface area contributed by atoms with Gasteiger partial charge in [0.25, 0.3) is 0 Å². The van der Waals surface area contributed by atoms with E-state index in [1.54, 1.807) is 11.8 Å². The largest absolute Gasteiger partial charge is 0.480 e. The molecule has 2 fully saturated rings. The molecular formula is C15H26N2O3. The number of rotatable bonds is 3. The van der Waals surface area contributed by atoms with Gasteiger partial charge >= 0.3 is 5.97 Å². The molecule has 20 heavy (non-hydrogen) atoms. The molecule has 114 valence electrons. The Hall–Kier alpha value is -1.10. The van der Waals surface area contributed by atoms with Gasteiger partial charge in [0.1, 0.15) is 5.54 Å². The van der Waals surface area contributed by atoms with Crippen LogP contribution in [0.15, 0.2) is 0 Å². The standard InChI is InChI=1S/C15H26N2O3/c1-10-6-7-11(2)17(10)12(3)13(18)16-9-5-8-15(16,4)14(19)20/h10-12H,5-9H2,1-4H3,(H,19,20). The Morgan fingerprint density at radius 1 is 1.25 bits per heavy atom. The minimum absolute atomic E-state index is 0.0343. The number of likely N-dealkylation sites (tertiary alicyclic amines) is 2. The van der Waals surface area contributed by atoms with Gasteiger partial charge in [0, 0.05) is 18.6 Å². The number of hydrogen-bond acceptors (Lipinski definition) is 3. The van der Waals surface area contributed by atoms with Crippen molar-refractivity contribution in [3.05, 3.63) is 0 Å². The summed E-state index contributed by atoms with van der Waals surface area (Å²) in [7, 11) is 0. The van der Waals surface area contributed by atoms with Gasteiger partial charge in [-0.15, -0.1) is 0 Å². The number of amides is 1. The monoisotopic (exact) mass is 282 g/mol. The third kappa shape index (κ3) is 2.32. The van der Waals surface area contributed by atoms with Crippen molar-refractivity contribution < 1.29 is 14.7 Å². The Morgan fingerprint density at radius 2 is 1.80 bits per heavy atom. The van der Waals surface area contributed by atoms with Crippen molar-refractivity contribution in [2.24, 2.45) is 0 Å². The first-order chi connectivity index (χ1) is 9.29. The van der Waals surface area contributed by atoms with Crippen molar-refractivity contribution in [2.45, 2.75) is 77.0 Å². The molecule has 0 spiro atoms. The molecule has 2 heterocycles. The van der Waals surface area contributed by atoms with Crippen LogP contribution in [0.2, 0.25) is 0 Å². The van der Waals surface area contributed by atoms with Gasteiger partial charge in [-0.3, -0.25) is 9.69 Å². The topological polar surface area (TPSA) is 60.9 Å². The van der Waals surface area contributed by atoms with Crippen molar-refractivity contribution in [1.29, 1.82) is 0 Å². The summed E-state index contributed by atoms with van der Waals surface area (Å²) in [5.74, 6) is -0.925. The molecule has 2 aliphatic heterocycles. The fourth-order valence-electron chi connectivity index (χ4n) is 3.87. The molecule has 2 aliphatic rings. The Labute approximate surface area is 120 Å². The quantitative estimate of drug-likeness (QED) is 0.856. The summed E-state index contributed by atoms with van der Waals surface area (Å²) >= 11 is 0. The predicted molar refractivity (Wildman–Crippen MR) is 76.4 cm³/mol. The lowest BCUT2D eigenvalue weighted by Gasteiger charge is -2.38. The molecule has 0 aromatic heterocycles. The molecule has 0 aliphatic carbocycles. The van der Waals surface area contributed by atoms with E-state index >= 15 is 0 Å². The van der Waals surface area contributed by atoms with Crippen LogP contribution in [0.1, 0.15) is 53.4 Å². The third-order valence-corrected chi connectivity index (χ3v) is 5.19. The number of carboxylic acid groups (broad SMARTS) is 1. The lowest BCUT2D eigenvalue weighted by atomic mass is 9.98. The van der Waals surface area contributed by atoms with Crippen molar-refractivity contribution in [1.82, 2.24) is 9.80 Å². The van der Waals surface area contributed by atoms with Gasteiger partial charge in [0.05, 0.1) is 6.04 Å². The van der Waals surface area contributed by atoms with E-state index in [2.05, 4.69) is 18.7 Å². The number of carboxylic acids is 1.